The maximum atomic E-state index is 12.2. The van der Waals surface area contributed by atoms with E-state index < -0.39 is 10.8 Å². The summed E-state index contributed by atoms with van der Waals surface area (Å²) >= 11 is 6.20. The maximum Gasteiger partial charge on any atom is 0.191 e. The molecule has 4 atom stereocenters. The molecule has 0 bridgehead atoms. The monoisotopic (exact) mass is 566 g/mol. The molecule has 1 saturated heterocycles. The highest BCUT2D eigenvalue weighted by Gasteiger charge is 2.27. The molecule has 0 radical (unpaired) electrons. The quantitative estimate of drug-likeness (QED) is 0.306. The van der Waals surface area contributed by atoms with Gasteiger partial charge in [0, 0.05) is 65.2 Å². The van der Waals surface area contributed by atoms with Crippen LogP contribution in [0.15, 0.2) is 23.2 Å². The Balaban J connectivity index is 0.00000320. The molecule has 170 valence electrons. The first-order valence-electron chi connectivity index (χ1n) is 10.9. The zero-order chi connectivity index (χ0) is 20.8. The van der Waals surface area contributed by atoms with E-state index in [2.05, 4.69) is 39.6 Å². The van der Waals surface area contributed by atoms with Crippen LogP contribution in [0.2, 0.25) is 5.02 Å². The Morgan fingerprint density at radius 3 is 2.87 bits per heavy atom. The molecule has 1 aromatic rings. The standard InChI is InChI=1S/C22H35ClN4OS.HI/c1-4-29(28)20-7-5-6-19(13-20)26-22(24-3)25-14-17-10-11-27(15-17)21-12-18(23)9-8-16(21)2;/h8-9,12,17,19-20H,4-7,10-11,13-15H2,1-3H3,(H2,24,25,26);1H. The molecular formula is C22H36ClIN4OS. The summed E-state index contributed by atoms with van der Waals surface area (Å²) in [5, 5.41) is 8.22. The number of anilines is 1. The van der Waals surface area contributed by atoms with Crippen molar-refractivity contribution in [1.82, 2.24) is 10.6 Å². The number of hydrogen-bond acceptors (Lipinski definition) is 3. The van der Waals surface area contributed by atoms with Crippen LogP contribution in [0, 0.1) is 12.8 Å². The molecule has 0 spiro atoms. The Morgan fingerprint density at radius 2 is 2.13 bits per heavy atom. The van der Waals surface area contributed by atoms with E-state index >= 15 is 0 Å². The predicted molar refractivity (Wildman–Crippen MR) is 141 cm³/mol. The molecule has 2 N–H and O–H groups in total. The molecule has 1 heterocycles. The second-order valence-electron chi connectivity index (χ2n) is 8.28. The van der Waals surface area contributed by atoms with Gasteiger partial charge in [-0.05, 0) is 56.2 Å². The Labute approximate surface area is 206 Å². The number of hydrogen-bond donors (Lipinski definition) is 2. The van der Waals surface area contributed by atoms with Gasteiger partial charge in [-0.25, -0.2) is 0 Å². The van der Waals surface area contributed by atoms with Gasteiger partial charge in [0.25, 0.3) is 0 Å². The molecule has 0 aromatic heterocycles. The van der Waals surface area contributed by atoms with E-state index in [-0.39, 0.29) is 24.0 Å². The van der Waals surface area contributed by atoms with Crippen molar-refractivity contribution in [3.05, 3.63) is 28.8 Å². The number of benzene rings is 1. The first-order valence-corrected chi connectivity index (χ1v) is 12.6. The number of halogens is 2. The van der Waals surface area contributed by atoms with Gasteiger partial charge >= 0.3 is 0 Å². The highest BCUT2D eigenvalue weighted by molar-refractivity contribution is 14.0. The lowest BCUT2D eigenvalue weighted by Crippen LogP contribution is -2.47. The highest BCUT2D eigenvalue weighted by atomic mass is 127. The zero-order valence-corrected chi connectivity index (χ0v) is 22.2. The van der Waals surface area contributed by atoms with Crippen molar-refractivity contribution in [3.8, 4) is 0 Å². The van der Waals surface area contributed by atoms with Gasteiger partial charge < -0.3 is 15.5 Å². The minimum Gasteiger partial charge on any atom is -0.371 e. The molecule has 2 aliphatic rings. The lowest BCUT2D eigenvalue weighted by Gasteiger charge is -2.30. The van der Waals surface area contributed by atoms with Gasteiger partial charge in [0.15, 0.2) is 5.96 Å². The van der Waals surface area contributed by atoms with E-state index in [0.29, 0.717) is 17.2 Å². The minimum atomic E-state index is -0.698. The smallest absolute Gasteiger partial charge is 0.191 e. The number of nitrogens with one attached hydrogen (secondary N) is 2. The summed E-state index contributed by atoms with van der Waals surface area (Å²) in [5.74, 6) is 2.21. The third-order valence-corrected chi connectivity index (χ3v) is 8.18. The Morgan fingerprint density at radius 1 is 1.33 bits per heavy atom. The van der Waals surface area contributed by atoms with Crippen LogP contribution in [0.3, 0.4) is 0 Å². The van der Waals surface area contributed by atoms with Crippen molar-refractivity contribution < 1.29 is 4.21 Å². The fourth-order valence-corrected chi connectivity index (χ4v) is 6.04. The lowest BCUT2D eigenvalue weighted by molar-refractivity contribution is 0.412. The van der Waals surface area contributed by atoms with Gasteiger partial charge in [-0.15, -0.1) is 24.0 Å². The van der Waals surface area contributed by atoms with Crippen molar-refractivity contribution in [2.75, 3.05) is 37.3 Å². The third-order valence-electron chi connectivity index (χ3n) is 6.20. The lowest BCUT2D eigenvalue weighted by atomic mass is 9.95. The van der Waals surface area contributed by atoms with Crippen LogP contribution in [0.1, 0.15) is 44.6 Å². The van der Waals surface area contributed by atoms with Crippen LogP contribution in [-0.4, -0.2) is 53.9 Å². The molecule has 4 unspecified atom stereocenters. The summed E-state index contributed by atoms with van der Waals surface area (Å²) in [6.45, 7) is 7.17. The molecule has 30 heavy (non-hydrogen) atoms. The number of nitrogens with zero attached hydrogens (tertiary/aromatic N) is 2. The summed E-state index contributed by atoms with van der Waals surface area (Å²) in [4.78, 5) is 6.86. The summed E-state index contributed by atoms with van der Waals surface area (Å²) in [5.41, 5.74) is 2.52. The number of aryl methyl sites for hydroxylation is 1. The molecule has 1 aliphatic carbocycles. The van der Waals surface area contributed by atoms with E-state index in [1.807, 2.05) is 20.0 Å². The van der Waals surface area contributed by atoms with E-state index in [1.54, 1.807) is 0 Å². The molecule has 0 amide bonds. The van der Waals surface area contributed by atoms with Crippen LogP contribution in [0.5, 0.6) is 0 Å². The SMILES string of the molecule is CCS(=O)C1CCCC(NC(=NC)NCC2CCN(c3cc(Cl)ccc3C)C2)C1.I. The van der Waals surface area contributed by atoms with Crippen LogP contribution >= 0.6 is 35.6 Å². The summed E-state index contributed by atoms with van der Waals surface area (Å²) in [6.07, 6.45) is 5.50. The van der Waals surface area contributed by atoms with Crippen LogP contribution < -0.4 is 15.5 Å². The second-order valence-corrected chi connectivity index (χ2v) is 10.7. The van der Waals surface area contributed by atoms with Crippen LogP contribution in [0.25, 0.3) is 0 Å². The second kappa shape index (κ2) is 12.5. The first-order chi connectivity index (χ1) is 14.0. The average molecular weight is 567 g/mol. The summed E-state index contributed by atoms with van der Waals surface area (Å²) < 4.78 is 12.2. The van der Waals surface area contributed by atoms with Crippen LogP contribution in [0.4, 0.5) is 5.69 Å². The molecule has 2 fully saturated rings. The molecular weight excluding hydrogens is 531 g/mol. The van der Waals surface area contributed by atoms with Crippen LogP contribution in [-0.2, 0) is 10.8 Å². The van der Waals surface area contributed by atoms with E-state index in [4.69, 9.17) is 11.6 Å². The van der Waals surface area contributed by atoms with E-state index in [0.717, 1.165) is 68.5 Å². The molecule has 1 aromatic carbocycles. The Bertz CT molecular complexity index is 748. The fourth-order valence-electron chi connectivity index (χ4n) is 4.52. The third kappa shape index (κ3) is 6.99. The first kappa shape index (κ1) is 25.7. The van der Waals surface area contributed by atoms with Crippen molar-refractivity contribution in [2.45, 2.75) is 57.2 Å². The number of rotatable bonds is 6. The van der Waals surface area contributed by atoms with Gasteiger partial charge in [0.05, 0.1) is 0 Å². The molecule has 8 heteroatoms. The number of aliphatic imine (C=N–C) groups is 1. The van der Waals surface area contributed by atoms with E-state index in [1.165, 1.54) is 11.3 Å². The van der Waals surface area contributed by atoms with Crippen molar-refractivity contribution >= 4 is 58.0 Å². The number of guanidine groups is 1. The summed E-state index contributed by atoms with van der Waals surface area (Å²) in [7, 11) is 1.13. The van der Waals surface area contributed by atoms with E-state index in [9.17, 15) is 4.21 Å². The van der Waals surface area contributed by atoms with Crippen molar-refractivity contribution in [2.24, 2.45) is 10.9 Å². The maximum absolute atomic E-state index is 12.2. The molecule has 5 nitrogen and oxygen atoms in total. The van der Waals surface area contributed by atoms with Gasteiger partial charge in [-0.1, -0.05) is 31.0 Å². The fraction of sp³-hybridized carbons (Fsp3) is 0.682. The minimum absolute atomic E-state index is 0. The summed E-state index contributed by atoms with van der Waals surface area (Å²) in [6, 6.07) is 6.49. The normalized spacial score (nSPS) is 25.5. The zero-order valence-electron chi connectivity index (χ0n) is 18.3. The molecule has 1 aliphatic heterocycles. The predicted octanol–water partition coefficient (Wildman–Crippen LogP) is 4.34. The van der Waals surface area contributed by atoms with Gasteiger partial charge in [-0.2, -0.15) is 0 Å². The Hall–Kier alpha value is -0.540. The average Bonchev–Trinajstić information content (AvgIpc) is 3.21. The largest absolute Gasteiger partial charge is 0.371 e. The topological polar surface area (TPSA) is 56.7 Å². The molecule has 3 rings (SSSR count). The van der Waals surface area contributed by atoms with Gasteiger partial charge in [-0.3, -0.25) is 9.20 Å². The molecule has 1 saturated carbocycles. The van der Waals surface area contributed by atoms with Gasteiger partial charge in [0.2, 0.25) is 0 Å². The van der Waals surface area contributed by atoms with Crippen molar-refractivity contribution in [3.63, 3.8) is 0 Å². The Kier molecular flexibility index (Phi) is 10.7. The van der Waals surface area contributed by atoms with Crippen molar-refractivity contribution in [1.29, 1.82) is 0 Å². The highest BCUT2D eigenvalue weighted by Crippen LogP contribution is 2.29. The van der Waals surface area contributed by atoms with Gasteiger partial charge in [0.1, 0.15) is 0 Å².